The monoisotopic (exact) mass is 445 g/mol. The van der Waals surface area contributed by atoms with Crippen molar-refractivity contribution in [3.05, 3.63) is 88.5 Å². The summed E-state index contributed by atoms with van der Waals surface area (Å²) in [6.45, 7) is 9.86. The molecule has 4 aromatic rings. The molecule has 0 bridgehead atoms. The minimum atomic E-state index is -3.81. The molecule has 0 spiro atoms. The lowest BCUT2D eigenvalue weighted by Gasteiger charge is -2.21. The van der Waals surface area contributed by atoms with E-state index in [1.807, 2.05) is 65.0 Å². The number of phenolic OH excluding ortho intramolecular Hbond substituents is 1. The Hall–Kier alpha value is -3.31. The summed E-state index contributed by atoms with van der Waals surface area (Å²) in [6.07, 6.45) is 0. The standard InChI is InChI=1S/C27H27NO3S/c1-16-7-11-22(12-8-16)32(30,31)28-24-15-18(3)19(4)20(5)26(24)27-23-14-17(2)6-9-21(23)10-13-25(27)29/h6-15,28-29H,1-5H3. The molecular formula is C27H27NO3S. The van der Waals surface area contributed by atoms with Crippen LogP contribution < -0.4 is 4.72 Å². The highest BCUT2D eigenvalue weighted by Gasteiger charge is 2.22. The van der Waals surface area contributed by atoms with E-state index >= 15 is 0 Å². The van der Waals surface area contributed by atoms with Gasteiger partial charge in [0.2, 0.25) is 0 Å². The number of sulfonamides is 1. The predicted octanol–water partition coefficient (Wildman–Crippen LogP) is 6.56. The number of aryl methyl sites for hydroxylation is 3. The number of nitrogens with one attached hydrogen (secondary N) is 1. The van der Waals surface area contributed by atoms with Crippen LogP contribution in [0.4, 0.5) is 5.69 Å². The summed E-state index contributed by atoms with van der Waals surface area (Å²) in [7, 11) is -3.81. The van der Waals surface area contributed by atoms with Gasteiger partial charge < -0.3 is 5.11 Å². The van der Waals surface area contributed by atoms with Crippen LogP contribution in [0.5, 0.6) is 5.75 Å². The van der Waals surface area contributed by atoms with Crippen molar-refractivity contribution in [2.75, 3.05) is 4.72 Å². The third-order valence-electron chi connectivity index (χ3n) is 6.14. The van der Waals surface area contributed by atoms with Gasteiger partial charge in [0.15, 0.2) is 0 Å². The molecule has 0 atom stereocenters. The molecule has 4 rings (SSSR count). The van der Waals surface area contributed by atoms with E-state index in [-0.39, 0.29) is 10.6 Å². The lowest BCUT2D eigenvalue weighted by Crippen LogP contribution is -2.14. The minimum absolute atomic E-state index is 0.116. The second-order valence-electron chi connectivity index (χ2n) is 8.47. The van der Waals surface area contributed by atoms with Crippen LogP contribution in [0.25, 0.3) is 21.9 Å². The molecule has 0 fully saturated rings. The molecule has 0 aliphatic rings. The van der Waals surface area contributed by atoms with Gasteiger partial charge in [-0.1, -0.05) is 47.5 Å². The number of hydrogen-bond acceptors (Lipinski definition) is 3. The number of fused-ring (bicyclic) bond motifs is 1. The molecule has 0 aliphatic heterocycles. The van der Waals surface area contributed by atoms with Crippen LogP contribution in [0.1, 0.15) is 27.8 Å². The second-order valence-corrected chi connectivity index (χ2v) is 10.2. The number of phenols is 1. The van der Waals surface area contributed by atoms with Gasteiger partial charge >= 0.3 is 0 Å². The van der Waals surface area contributed by atoms with Crippen LogP contribution in [0.15, 0.2) is 65.6 Å². The van der Waals surface area contributed by atoms with Crippen molar-refractivity contribution >= 4 is 26.5 Å². The minimum Gasteiger partial charge on any atom is -0.507 e. The van der Waals surface area contributed by atoms with Crippen molar-refractivity contribution in [1.29, 1.82) is 0 Å². The quantitative estimate of drug-likeness (QED) is 0.374. The SMILES string of the molecule is Cc1ccc(S(=O)(=O)Nc2cc(C)c(C)c(C)c2-c2c(O)ccc3ccc(C)cc23)cc1. The zero-order valence-electron chi connectivity index (χ0n) is 18.9. The van der Waals surface area contributed by atoms with Crippen LogP contribution >= 0.6 is 0 Å². The summed E-state index contributed by atoms with van der Waals surface area (Å²) in [5, 5.41) is 12.8. The normalized spacial score (nSPS) is 11.7. The van der Waals surface area contributed by atoms with E-state index in [1.54, 1.807) is 30.3 Å². The van der Waals surface area contributed by atoms with Gasteiger partial charge in [-0.15, -0.1) is 0 Å². The molecule has 5 heteroatoms. The number of hydrogen-bond donors (Lipinski definition) is 2. The summed E-state index contributed by atoms with van der Waals surface area (Å²) in [4.78, 5) is 0.197. The molecule has 4 aromatic carbocycles. The maximum Gasteiger partial charge on any atom is 0.261 e. The number of aromatic hydroxyl groups is 1. The largest absolute Gasteiger partial charge is 0.507 e. The van der Waals surface area contributed by atoms with Gasteiger partial charge in [0.1, 0.15) is 5.75 Å². The van der Waals surface area contributed by atoms with E-state index in [4.69, 9.17) is 0 Å². The molecule has 0 heterocycles. The summed E-state index contributed by atoms with van der Waals surface area (Å²) < 4.78 is 29.3. The molecule has 32 heavy (non-hydrogen) atoms. The molecule has 0 saturated heterocycles. The number of benzene rings is 4. The fraction of sp³-hybridized carbons (Fsp3) is 0.185. The van der Waals surface area contributed by atoms with E-state index in [0.29, 0.717) is 16.8 Å². The highest BCUT2D eigenvalue weighted by Crippen LogP contribution is 2.44. The highest BCUT2D eigenvalue weighted by molar-refractivity contribution is 7.92. The first-order chi connectivity index (χ1) is 15.1. The maximum atomic E-state index is 13.2. The topological polar surface area (TPSA) is 66.4 Å². The Morgan fingerprint density at radius 3 is 2.03 bits per heavy atom. The van der Waals surface area contributed by atoms with Gasteiger partial charge in [-0.05, 0) is 86.3 Å². The van der Waals surface area contributed by atoms with Crippen LogP contribution in [0.3, 0.4) is 0 Å². The Morgan fingerprint density at radius 1 is 0.719 bits per heavy atom. The Labute approximate surface area is 189 Å². The van der Waals surface area contributed by atoms with Crippen molar-refractivity contribution < 1.29 is 13.5 Å². The van der Waals surface area contributed by atoms with Crippen LogP contribution in [-0.4, -0.2) is 13.5 Å². The van der Waals surface area contributed by atoms with Gasteiger partial charge in [-0.25, -0.2) is 8.42 Å². The zero-order valence-corrected chi connectivity index (χ0v) is 19.8. The van der Waals surface area contributed by atoms with Crippen molar-refractivity contribution in [2.45, 2.75) is 39.5 Å². The lowest BCUT2D eigenvalue weighted by molar-refractivity contribution is 0.478. The van der Waals surface area contributed by atoms with E-state index < -0.39 is 10.0 Å². The van der Waals surface area contributed by atoms with Crippen molar-refractivity contribution in [2.24, 2.45) is 0 Å². The average molecular weight is 446 g/mol. The zero-order chi connectivity index (χ0) is 23.2. The molecule has 0 aromatic heterocycles. The molecule has 0 radical (unpaired) electrons. The Kier molecular flexibility index (Phi) is 5.47. The number of rotatable bonds is 4. The Morgan fingerprint density at radius 2 is 1.34 bits per heavy atom. The fourth-order valence-corrected chi connectivity index (χ4v) is 5.15. The predicted molar refractivity (Wildman–Crippen MR) is 132 cm³/mol. The smallest absolute Gasteiger partial charge is 0.261 e. The summed E-state index contributed by atoms with van der Waals surface area (Å²) in [5.41, 5.74) is 6.79. The van der Waals surface area contributed by atoms with E-state index in [0.717, 1.165) is 38.6 Å². The third-order valence-corrected chi connectivity index (χ3v) is 7.52. The van der Waals surface area contributed by atoms with E-state index in [9.17, 15) is 13.5 Å². The van der Waals surface area contributed by atoms with Gasteiger partial charge in [0.05, 0.1) is 10.6 Å². The van der Waals surface area contributed by atoms with Crippen LogP contribution in [0, 0.1) is 34.6 Å². The van der Waals surface area contributed by atoms with Crippen molar-refractivity contribution in [3.63, 3.8) is 0 Å². The first-order valence-corrected chi connectivity index (χ1v) is 12.0. The second kappa shape index (κ2) is 7.99. The molecule has 0 amide bonds. The summed E-state index contributed by atoms with van der Waals surface area (Å²) in [5.74, 6) is 0.116. The first-order valence-electron chi connectivity index (χ1n) is 10.5. The highest BCUT2D eigenvalue weighted by atomic mass is 32.2. The number of anilines is 1. The van der Waals surface area contributed by atoms with Crippen LogP contribution in [0.2, 0.25) is 0 Å². The van der Waals surface area contributed by atoms with Gasteiger partial charge in [0, 0.05) is 11.1 Å². The first kappa shape index (κ1) is 21.9. The maximum absolute atomic E-state index is 13.2. The van der Waals surface area contributed by atoms with E-state index in [1.165, 1.54) is 0 Å². The molecule has 0 saturated carbocycles. The average Bonchev–Trinajstić information content (AvgIpc) is 2.73. The van der Waals surface area contributed by atoms with Crippen molar-refractivity contribution in [3.8, 4) is 16.9 Å². The molecule has 0 aliphatic carbocycles. The molecule has 0 unspecified atom stereocenters. The Balaban J connectivity index is 2.00. The molecule has 164 valence electrons. The van der Waals surface area contributed by atoms with Gasteiger partial charge in [-0.3, -0.25) is 4.72 Å². The van der Waals surface area contributed by atoms with Crippen LogP contribution in [-0.2, 0) is 10.0 Å². The van der Waals surface area contributed by atoms with Gasteiger partial charge in [0.25, 0.3) is 10.0 Å². The molecular weight excluding hydrogens is 418 g/mol. The Bertz CT molecular complexity index is 1450. The lowest BCUT2D eigenvalue weighted by atomic mass is 9.88. The summed E-state index contributed by atoms with van der Waals surface area (Å²) in [6, 6.07) is 18.2. The summed E-state index contributed by atoms with van der Waals surface area (Å²) >= 11 is 0. The van der Waals surface area contributed by atoms with E-state index in [2.05, 4.69) is 4.72 Å². The molecule has 2 N–H and O–H groups in total. The fourth-order valence-electron chi connectivity index (χ4n) is 4.09. The third kappa shape index (κ3) is 3.84. The van der Waals surface area contributed by atoms with Crippen molar-refractivity contribution in [1.82, 2.24) is 0 Å². The molecule has 4 nitrogen and oxygen atoms in total. The van der Waals surface area contributed by atoms with Gasteiger partial charge in [-0.2, -0.15) is 0 Å².